The maximum absolute atomic E-state index is 11.8. The fraction of sp³-hybridized carbons (Fsp3) is 0.312. The van der Waals surface area contributed by atoms with Gasteiger partial charge in [0, 0.05) is 36.3 Å². The van der Waals surface area contributed by atoms with Gasteiger partial charge in [0.05, 0.1) is 0 Å². The first kappa shape index (κ1) is 17.9. The maximum Gasteiger partial charge on any atom is 0.249 e. The molecule has 0 saturated carbocycles. The summed E-state index contributed by atoms with van der Waals surface area (Å²) in [5.74, 6) is 0.0384. The van der Waals surface area contributed by atoms with Crippen molar-refractivity contribution in [1.29, 1.82) is 0 Å². The number of thiophene rings is 1. The Hall–Kier alpha value is -2.45. The molecule has 8 heteroatoms. The van der Waals surface area contributed by atoms with E-state index in [4.69, 9.17) is 0 Å². The molecule has 2 N–H and O–H groups in total. The van der Waals surface area contributed by atoms with E-state index in [1.54, 1.807) is 29.7 Å². The molecule has 2 heterocycles. The molecule has 7 nitrogen and oxygen atoms in total. The molecular formula is C16H21N5O2S. The van der Waals surface area contributed by atoms with Crippen LogP contribution in [0.15, 0.2) is 35.9 Å². The third-order valence-electron chi connectivity index (χ3n) is 3.02. The first-order chi connectivity index (χ1) is 11.5. The first-order valence-electron chi connectivity index (χ1n) is 7.50. The zero-order valence-corrected chi connectivity index (χ0v) is 14.5. The van der Waals surface area contributed by atoms with Gasteiger partial charge in [-0.2, -0.15) is 5.10 Å². The summed E-state index contributed by atoms with van der Waals surface area (Å²) in [6.45, 7) is 1.49. The molecule has 0 aromatic carbocycles. The molecular weight excluding hydrogens is 326 g/mol. The van der Waals surface area contributed by atoms with Crippen molar-refractivity contribution >= 4 is 35.0 Å². The number of aromatic nitrogens is 2. The van der Waals surface area contributed by atoms with Crippen LogP contribution >= 0.6 is 11.3 Å². The lowest BCUT2D eigenvalue weighted by Gasteiger charge is -2.10. The highest BCUT2D eigenvalue weighted by Gasteiger charge is 2.06. The quantitative estimate of drug-likeness (QED) is 0.705. The lowest BCUT2D eigenvalue weighted by atomic mass is 10.4. The van der Waals surface area contributed by atoms with Crippen molar-refractivity contribution in [3.63, 3.8) is 0 Å². The Balaban J connectivity index is 1.78. The average molecular weight is 347 g/mol. The predicted octanol–water partition coefficient (Wildman–Crippen LogP) is 1.27. The Morgan fingerprint density at radius 1 is 1.38 bits per heavy atom. The Bertz CT molecular complexity index is 691. The molecule has 0 unspecified atom stereocenters. The number of carbonyl (C=O) groups excluding carboxylic acids is 2. The van der Waals surface area contributed by atoms with Gasteiger partial charge in [0.15, 0.2) is 5.82 Å². The third kappa shape index (κ3) is 6.35. The zero-order valence-electron chi connectivity index (χ0n) is 13.7. The molecule has 128 valence electrons. The van der Waals surface area contributed by atoms with Gasteiger partial charge in [-0.15, -0.1) is 11.3 Å². The van der Waals surface area contributed by atoms with E-state index in [0.29, 0.717) is 12.4 Å². The van der Waals surface area contributed by atoms with Crippen LogP contribution in [0.5, 0.6) is 0 Å². The number of hydrogen-bond donors (Lipinski definition) is 2. The third-order valence-corrected chi connectivity index (χ3v) is 3.86. The minimum absolute atomic E-state index is 0.115. The van der Waals surface area contributed by atoms with Crippen LogP contribution < -0.4 is 10.6 Å². The van der Waals surface area contributed by atoms with Gasteiger partial charge >= 0.3 is 0 Å². The van der Waals surface area contributed by atoms with E-state index < -0.39 is 0 Å². The SMILES string of the molecule is CN(C)CCNC(=O)Cn1ccc(NC(=O)C=Cc2cccs2)n1. The van der Waals surface area contributed by atoms with Crippen LogP contribution in [0.3, 0.4) is 0 Å². The summed E-state index contributed by atoms with van der Waals surface area (Å²) in [7, 11) is 3.89. The van der Waals surface area contributed by atoms with Crippen LogP contribution in [0, 0.1) is 0 Å². The van der Waals surface area contributed by atoms with E-state index in [9.17, 15) is 9.59 Å². The highest BCUT2D eigenvalue weighted by atomic mass is 32.1. The largest absolute Gasteiger partial charge is 0.353 e. The van der Waals surface area contributed by atoms with Gasteiger partial charge in [-0.1, -0.05) is 6.07 Å². The van der Waals surface area contributed by atoms with Crippen LogP contribution in [-0.2, 0) is 16.1 Å². The number of nitrogens with one attached hydrogen (secondary N) is 2. The van der Waals surface area contributed by atoms with Gasteiger partial charge in [0.25, 0.3) is 0 Å². The lowest BCUT2D eigenvalue weighted by Crippen LogP contribution is -2.33. The molecule has 0 atom stereocenters. The van der Waals surface area contributed by atoms with Crippen molar-refractivity contribution in [2.24, 2.45) is 0 Å². The second-order valence-corrected chi connectivity index (χ2v) is 6.37. The Labute approximate surface area is 145 Å². The highest BCUT2D eigenvalue weighted by molar-refractivity contribution is 7.10. The topological polar surface area (TPSA) is 79.3 Å². The molecule has 2 rings (SSSR count). The van der Waals surface area contributed by atoms with Gasteiger partial charge in [0.1, 0.15) is 6.54 Å². The molecule has 0 aliphatic carbocycles. The number of nitrogens with zero attached hydrogens (tertiary/aromatic N) is 3. The molecule has 0 saturated heterocycles. The number of carbonyl (C=O) groups is 2. The molecule has 0 aliphatic heterocycles. The predicted molar refractivity (Wildman–Crippen MR) is 95.8 cm³/mol. The van der Waals surface area contributed by atoms with Crippen molar-refractivity contribution in [3.8, 4) is 0 Å². The number of hydrogen-bond acceptors (Lipinski definition) is 5. The van der Waals surface area contributed by atoms with E-state index in [1.807, 2.05) is 36.5 Å². The Morgan fingerprint density at radius 3 is 2.92 bits per heavy atom. The summed E-state index contributed by atoms with van der Waals surface area (Å²) < 4.78 is 1.49. The van der Waals surface area contributed by atoms with Gasteiger partial charge in [-0.25, -0.2) is 0 Å². The summed E-state index contributed by atoms with van der Waals surface area (Å²) in [5.41, 5.74) is 0. The standard InChI is InChI=1S/C16H21N5O2S/c1-20(2)10-8-17-16(23)12-21-9-7-14(19-21)18-15(22)6-5-13-4-3-11-24-13/h3-7,9,11H,8,10,12H2,1-2H3,(H,17,23)(H,18,19,22). The molecule has 0 fully saturated rings. The average Bonchev–Trinajstić information content (AvgIpc) is 3.16. The van der Waals surface area contributed by atoms with E-state index in [1.165, 1.54) is 10.8 Å². The smallest absolute Gasteiger partial charge is 0.249 e. The molecule has 24 heavy (non-hydrogen) atoms. The summed E-state index contributed by atoms with van der Waals surface area (Å²) >= 11 is 1.56. The Kier molecular flexibility index (Phi) is 6.71. The van der Waals surface area contributed by atoms with Crippen LogP contribution in [0.1, 0.15) is 4.88 Å². The monoisotopic (exact) mass is 347 g/mol. The van der Waals surface area contributed by atoms with Gasteiger partial charge in [0.2, 0.25) is 11.8 Å². The maximum atomic E-state index is 11.8. The second kappa shape index (κ2) is 8.99. The fourth-order valence-electron chi connectivity index (χ4n) is 1.85. The molecule has 0 aliphatic rings. The van der Waals surface area contributed by atoms with Crippen molar-refractivity contribution in [3.05, 3.63) is 40.7 Å². The van der Waals surface area contributed by atoms with Crippen molar-refractivity contribution in [2.45, 2.75) is 6.54 Å². The van der Waals surface area contributed by atoms with E-state index in [2.05, 4.69) is 15.7 Å². The van der Waals surface area contributed by atoms with Gasteiger partial charge < -0.3 is 15.5 Å². The number of rotatable bonds is 8. The van der Waals surface area contributed by atoms with Crippen molar-refractivity contribution in [1.82, 2.24) is 20.0 Å². The molecule has 0 spiro atoms. The molecule has 0 bridgehead atoms. The summed E-state index contributed by atoms with van der Waals surface area (Å²) in [6.07, 6.45) is 4.86. The molecule has 2 aromatic rings. The molecule has 2 aromatic heterocycles. The van der Waals surface area contributed by atoms with Crippen LogP contribution in [0.4, 0.5) is 5.82 Å². The molecule has 0 radical (unpaired) electrons. The summed E-state index contributed by atoms with van der Waals surface area (Å²) in [4.78, 5) is 26.6. The normalized spacial score (nSPS) is 11.1. The summed E-state index contributed by atoms with van der Waals surface area (Å²) in [5, 5.41) is 11.6. The fourth-order valence-corrected chi connectivity index (χ4v) is 2.47. The van der Waals surface area contributed by atoms with E-state index in [0.717, 1.165) is 11.4 Å². The number of amides is 2. The first-order valence-corrected chi connectivity index (χ1v) is 8.38. The van der Waals surface area contributed by atoms with Crippen LogP contribution in [0.25, 0.3) is 6.08 Å². The Morgan fingerprint density at radius 2 is 2.21 bits per heavy atom. The van der Waals surface area contributed by atoms with Crippen molar-refractivity contribution < 1.29 is 9.59 Å². The van der Waals surface area contributed by atoms with Crippen LogP contribution in [-0.4, -0.2) is 53.7 Å². The zero-order chi connectivity index (χ0) is 17.4. The minimum atomic E-state index is -0.260. The van der Waals surface area contributed by atoms with E-state index >= 15 is 0 Å². The van der Waals surface area contributed by atoms with Gasteiger partial charge in [-0.3, -0.25) is 14.3 Å². The second-order valence-electron chi connectivity index (χ2n) is 5.39. The van der Waals surface area contributed by atoms with Crippen molar-refractivity contribution in [2.75, 3.05) is 32.5 Å². The number of anilines is 1. The van der Waals surface area contributed by atoms with E-state index in [-0.39, 0.29) is 18.4 Å². The lowest BCUT2D eigenvalue weighted by molar-refractivity contribution is -0.121. The van der Waals surface area contributed by atoms with Crippen LogP contribution in [0.2, 0.25) is 0 Å². The molecule has 2 amide bonds. The summed E-state index contributed by atoms with van der Waals surface area (Å²) in [6, 6.07) is 5.51. The highest BCUT2D eigenvalue weighted by Crippen LogP contribution is 2.10. The number of likely N-dealkylation sites (N-methyl/N-ethyl adjacent to an activating group) is 1. The minimum Gasteiger partial charge on any atom is -0.353 e. The van der Waals surface area contributed by atoms with Gasteiger partial charge in [-0.05, 0) is 31.6 Å².